The standard InChI is InChI=1S/C22H30N2O3/c1-26-22-15-19(7-8-21(22)27-14-13-25)16-23-20-9-11-24(12-10-20)17-18-5-3-2-4-6-18/h2-8,15,20,23,25H,9-14,16-17H2,1H3. The normalized spacial score (nSPS) is 15.6. The van der Waals surface area contributed by atoms with E-state index in [2.05, 4.69) is 40.5 Å². The van der Waals surface area contributed by atoms with E-state index in [1.54, 1.807) is 7.11 Å². The van der Waals surface area contributed by atoms with Gasteiger partial charge in [0.15, 0.2) is 11.5 Å². The molecular formula is C22H30N2O3. The molecule has 2 aromatic rings. The summed E-state index contributed by atoms with van der Waals surface area (Å²) in [6.07, 6.45) is 2.34. The number of ether oxygens (including phenoxy) is 2. The van der Waals surface area contributed by atoms with E-state index < -0.39 is 0 Å². The number of hydrogen-bond acceptors (Lipinski definition) is 5. The minimum atomic E-state index is -0.00453. The van der Waals surface area contributed by atoms with E-state index >= 15 is 0 Å². The van der Waals surface area contributed by atoms with E-state index in [1.807, 2.05) is 18.2 Å². The van der Waals surface area contributed by atoms with Crippen molar-refractivity contribution >= 4 is 0 Å². The van der Waals surface area contributed by atoms with Crippen LogP contribution in [0, 0.1) is 0 Å². The molecule has 5 nitrogen and oxygen atoms in total. The maximum absolute atomic E-state index is 8.90. The molecule has 0 radical (unpaired) electrons. The van der Waals surface area contributed by atoms with Crippen molar-refractivity contribution in [3.05, 3.63) is 59.7 Å². The summed E-state index contributed by atoms with van der Waals surface area (Å²) in [6.45, 7) is 4.39. The van der Waals surface area contributed by atoms with Crippen LogP contribution < -0.4 is 14.8 Å². The van der Waals surface area contributed by atoms with Crippen LogP contribution in [0.15, 0.2) is 48.5 Å². The Morgan fingerprint density at radius 3 is 2.52 bits per heavy atom. The highest BCUT2D eigenvalue weighted by Crippen LogP contribution is 2.28. The third kappa shape index (κ3) is 5.96. The van der Waals surface area contributed by atoms with Crippen LogP contribution in [0.1, 0.15) is 24.0 Å². The minimum absolute atomic E-state index is 0.00453. The number of aliphatic hydroxyl groups excluding tert-OH is 1. The zero-order valence-corrected chi connectivity index (χ0v) is 16.1. The number of rotatable bonds is 9. The van der Waals surface area contributed by atoms with Crippen LogP contribution in [0.2, 0.25) is 0 Å². The zero-order valence-electron chi connectivity index (χ0n) is 16.1. The summed E-state index contributed by atoms with van der Waals surface area (Å²) in [5.74, 6) is 1.38. The predicted molar refractivity (Wildman–Crippen MR) is 107 cm³/mol. The van der Waals surface area contributed by atoms with Crippen molar-refractivity contribution < 1.29 is 14.6 Å². The number of likely N-dealkylation sites (tertiary alicyclic amines) is 1. The van der Waals surface area contributed by atoms with Gasteiger partial charge in [0.25, 0.3) is 0 Å². The summed E-state index contributed by atoms with van der Waals surface area (Å²) in [5, 5.41) is 12.6. The van der Waals surface area contributed by atoms with Crippen LogP contribution in [-0.2, 0) is 13.1 Å². The van der Waals surface area contributed by atoms with Crippen molar-refractivity contribution in [3.8, 4) is 11.5 Å². The number of benzene rings is 2. The lowest BCUT2D eigenvalue weighted by Crippen LogP contribution is -2.41. The summed E-state index contributed by atoms with van der Waals surface area (Å²) in [6, 6.07) is 17.2. The third-order valence-corrected chi connectivity index (χ3v) is 5.01. The molecule has 0 atom stereocenters. The molecule has 1 aliphatic heterocycles. The highest BCUT2D eigenvalue weighted by molar-refractivity contribution is 5.43. The van der Waals surface area contributed by atoms with E-state index in [1.165, 1.54) is 24.0 Å². The Morgan fingerprint density at radius 2 is 1.81 bits per heavy atom. The molecule has 146 valence electrons. The van der Waals surface area contributed by atoms with E-state index in [9.17, 15) is 0 Å². The van der Waals surface area contributed by atoms with Gasteiger partial charge in [0, 0.05) is 19.1 Å². The molecule has 5 heteroatoms. The second-order valence-electron chi connectivity index (χ2n) is 6.97. The van der Waals surface area contributed by atoms with Crippen LogP contribution in [0.3, 0.4) is 0 Å². The summed E-state index contributed by atoms with van der Waals surface area (Å²) in [4.78, 5) is 2.53. The number of piperidine rings is 1. The van der Waals surface area contributed by atoms with Crippen LogP contribution in [0.5, 0.6) is 11.5 Å². The Kier molecular flexibility index (Phi) is 7.51. The Morgan fingerprint density at radius 1 is 1.04 bits per heavy atom. The van der Waals surface area contributed by atoms with Crippen molar-refractivity contribution in [2.75, 3.05) is 33.4 Å². The SMILES string of the molecule is COc1cc(CNC2CCN(Cc3ccccc3)CC2)ccc1OCCO. The first-order valence-corrected chi connectivity index (χ1v) is 9.68. The molecule has 27 heavy (non-hydrogen) atoms. The van der Waals surface area contributed by atoms with Crippen molar-refractivity contribution in [2.24, 2.45) is 0 Å². The van der Waals surface area contributed by atoms with Crippen molar-refractivity contribution in [1.29, 1.82) is 0 Å². The first-order valence-electron chi connectivity index (χ1n) is 9.68. The summed E-state index contributed by atoms with van der Waals surface area (Å²) >= 11 is 0. The van der Waals surface area contributed by atoms with Crippen molar-refractivity contribution in [2.45, 2.75) is 32.0 Å². The van der Waals surface area contributed by atoms with Gasteiger partial charge in [0.2, 0.25) is 0 Å². The molecule has 2 aromatic carbocycles. The van der Waals surface area contributed by atoms with Crippen LogP contribution >= 0.6 is 0 Å². The number of hydrogen-bond donors (Lipinski definition) is 2. The maximum Gasteiger partial charge on any atom is 0.161 e. The molecule has 1 fully saturated rings. The predicted octanol–water partition coefficient (Wildman–Crippen LogP) is 2.82. The Balaban J connectivity index is 1.44. The minimum Gasteiger partial charge on any atom is -0.493 e. The average Bonchev–Trinajstić information content (AvgIpc) is 2.72. The molecule has 0 unspecified atom stereocenters. The third-order valence-electron chi connectivity index (χ3n) is 5.01. The monoisotopic (exact) mass is 370 g/mol. The van der Waals surface area contributed by atoms with Crippen molar-refractivity contribution in [3.63, 3.8) is 0 Å². The van der Waals surface area contributed by atoms with E-state index in [-0.39, 0.29) is 13.2 Å². The van der Waals surface area contributed by atoms with E-state index in [4.69, 9.17) is 14.6 Å². The molecule has 0 spiro atoms. The van der Waals surface area contributed by atoms with Crippen LogP contribution in [0.4, 0.5) is 0 Å². The highest BCUT2D eigenvalue weighted by Gasteiger charge is 2.19. The first-order chi connectivity index (χ1) is 13.3. The van der Waals surface area contributed by atoms with Gasteiger partial charge in [0.1, 0.15) is 6.61 Å². The lowest BCUT2D eigenvalue weighted by Gasteiger charge is -2.32. The van der Waals surface area contributed by atoms with Gasteiger partial charge in [0.05, 0.1) is 13.7 Å². The molecule has 2 N–H and O–H groups in total. The lowest BCUT2D eigenvalue weighted by atomic mass is 10.0. The largest absolute Gasteiger partial charge is 0.493 e. The molecule has 0 bridgehead atoms. The quantitative estimate of drug-likeness (QED) is 0.711. The van der Waals surface area contributed by atoms with Gasteiger partial charge in [-0.3, -0.25) is 4.90 Å². The first kappa shape index (κ1) is 19.7. The second kappa shape index (κ2) is 10.3. The van der Waals surface area contributed by atoms with Crippen LogP contribution in [-0.4, -0.2) is 49.5 Å². The molecule has 0 aliphatic carbocycles. The number of methoxy groups -OCH3 is 1. The van der Waals surface area contributed by atoms with E-state index in [0.29, 0.717) is 17.5 Å². The molecule has 1 heterocycles. The Labute approximate surface area is 161 Å². The molecule has 3 rings (SSSR count). The molecule has 1 saturated heterocycles. The van der Waals surface area contributed by atoms with Gasteiger partial charge < -0.3 is 19.9 Å². The number of aliphatic hydroxyl groups is 1. The lowest BCUT2D eigenvalue weighted by molar-refractivity contribution is 0.190. The average molecular weight is 370 g/mol. The molecular weight excluding hydrogens is 340 g/mol. The zero-order chi connectivity index (χ0) is 18.9. The van der Waals surface area contributed by atoms with Crippen molar-refractivity contribution in [1.82, 2.24) is 10.2 Å². The molecule has 0 amide bonds. The summed E-state index contributed by atoms with van der Waals surface area (Å²) in [7, 11) is 1.64. The Bertz CT molecular complexity index is 685. The van der Waals surface area contributed by atoms with Crippen LogP contribution in [0.25, 0.3) is 0 Å². The molecule has 0 saturated carbocycles. The molecule has 0 aromatic heterocycles. The highest BCUT2D eigenvalue weighted by atomic mass is 16.5. The Hall–Kier alpha value is -2.08. The van der Waals surface area contributed by atoms with Gasteiger partial charge in [-0.05, 0) is 49.2 Å². The fourth-order valence-corrected chi connectivity index (χ4v) is 3.50. The van der Waals surface area contributed by atoms with Gasteiger partial charge in [-0.2, -0.15) is 0 Å². The summed E-state index contributed by atoms with van der Waals surface area (Å²) in [5.41, 5.74) is 2.56. The second-order valence-corrected chi connectivity index (χ2v) is 6.97. The van der Waals surface area contributed by atoms with Gasteiger partial charge in [-0.25, -0.2) is 0 Å². The van der Waals surface area contributed by atoms with Gasteiger partial charge >= 0.3 is 0 Å². The fraction of sp³-hybridized carbons (Fsp3) is 0.455. The van der Waals surface area contributed by atoms with E-state index in [0.717, 1.165) is 26.2 Å². The summed E-state index contributed by atoms with van der Waals surface area (Å²) < 4.78 is 10.9. The number of nitrogens with zero attached hydrogens (tertiary/aromatic N) is 1. The van der Waals surface area contributed by atoms with Gasteiger partial charge in [-0.1, -0.05) is 36.4 Å². The topological polar surface area (TPSA) is 54.0 Å². The number of nitrogens with one attached hydrogen (secondary N) is 1. The molecule has 1 aliphatic rings. The fourth-order valence-electron chi connectivity index (χ4n) is 3.50. The smallest absolute Gasteiger partial charge is 0.161 e. The maximum atomic E-state index is 8.90. The van der Waals surface area contributed by atoms with Gasteiger partial charge in [-0.15, -0.1) is 0 Å².